The molecule has 0 radical (unpaired) electrons. The quantitative estimate of drug-likeness (QED) is 0.874. The lowest BCUT2D eigenvalue weighted by molar-refractivity contribution is 0.0241. The number of aliphatic hydroxyl groups excluding tert-OH is 1. The van der Waals surface area contributed by atoms with Gasteiger partial charge in [0.05, 0.1) is 25.0 Å². The summed E-state index contributed by atoms with van der Waals surface area (Å²) in [5.74, 6) is 1.02. The van der Waals surface area contributed by atoms with Crippen LogP contribution >= 0.6 is 0 Å². The minimum atomic E-state index is -0.425. The molecule has 102 valence electrons. The predicted octanol–water partition coefficient (Wildman–Crippen LogP) is 2.20. The maximum atomic E-state index is 9.91. The van der Waals surface area contributed by atoms with Gasteiger partial charge in [-0.05, 0) is 31.5 Å². The van der Waals surface area contributed by atoms with Gasteiger partial charge in [0, 0.05) is 13.7 Å². The number of likely N-dealkylation sites (tertiary alicyclic amines) is 1. The summed E-state index contributed by atoms with van der Waals surface area (Å²) < 4.78 is 10.5. The maximum absolute atomic E-state index is 9.91. The van der Waals surface area contributed by atoms with Gasteiger partial charge in [0.1, 0.15) is 5.76 Å². The van der Waals surface area contributed by atoms with Crippen molar-refractivity contribution in [2.75, 3.05) is 26.8 Å². The van der Waals surface area contributed by atoms with Gasteiger partial charge in [-0.3, -0.25) is 4.90 Å². The molecule has 1 N–H and O–H groups in total. The first-order valence-electron chi connectivity index (χ1n) is 6.75. The number of methoxy groups -OCH3 is 1. The van der Waals surface area contributed by atoms with Gasteiger partial charge in [0.2, 0.25) is 0 Å². The zero-order chi connectivity index (χ0) is 12.8. The highest BCUT2D eigenvalue weighted by molar-refractivity contribution is 5.05. The van der Waals surface area contributed by atoms with Crippen LogP contribution in [0.5, 0.6) is 0 Å². The van der Waals surface area contributed by atoms with Crippen LogP contribution in [-0.2, 0) is 4.74 Å². The molecule has 0 spiro atoms. The normalized spacial score (nSPS) is 23.8. The third kappa shape index (κ3) is 3.57. The molecule has 2 rings (SSSR count). The molecule has 0 amide bonds. The van der Waals surface area contributed by atoms with Crippen LogP contribution in [0.2, 0.25) is 0 Å². The number of hydrogen-bond donors (Lipinski definition) is 1. The van der Waals surface area contributed by atoms with Gasteiger partial charge in [-0.1, -0.05) is 12.8 Å². The zero-order valence-corrected chi connectivity index (χ0v) is 11.0. The Balaban J connectivity index is 2.02. The number of rotatable bonds is 5. The Morgan fingerprint density at radius 1 is 1.50 bits per heavy atom. The lowest BCUT2D eigenvalue weighted by Gasteiger charge is -2.30. The van der Waals surface area contributed by atoms with E-state index in [1.807, 2.05) is 12.1 Å². The van der Waals surface area contributed by atoms with Crippen LogP contribution in [0.15, 0.2) is 22.8 Å². The second-order valence-corrected chi connectivity index (χ2v) is 4.98. The number of aliphatic hydroxyl groups is 1. The van der Waals surface area contributed by atoms with Gasteiger partial charge in [0.15, 0.2) is 0 Å². The first-order chi connectivity index (χ1) is 8.81. The molecule has 0 unspecified atom stereocenters. The van der Waals surface area contributed by atoms with Gasteiger partial charge >= 0.3 is 0 Å². The molecule has 0 aromatic carbocycles. The maximum Gasteiger partial charge on any atom is 0.120 e. The van der Waals surface area contributed by atoms with Crippen molar-refractivity contribution in [3.63, 3.8) is 0 Å². The summed E-state index contributed by atoms with van der Waals surface area (Å²) in [7, 11) is 1.62. The Morgan fingerprint density at radius 3 is 3.11 bits per heavy atom. The lowest BCUT2D eigenvalue weighted by atomic mass is 10.1. The molecular formula is C14H23NO3. The Labute approximate surface area is 109 Å². The number of β-amino-alcohol motifs (C(OH)–C–C–N with tert-alkyl or cyclic N) is 1. The molecule has 1 aromatic rings. The Kier molecular flexibility index (Phi) is 5.23. The molecular weight excluding hydrogens is 230 g/mol. The van der Waals surface area contributed by atoms with E-state index in [2.05, 4.69) is 4.90 Å². The smallest absolute Gasteiger partial charge is 0.120 e. The fourth-order valence-corrected chi connectivity index (χ4v) is 2.71. The molecule has 2 heterocycles. The van der Waals surface area contributed by atoms with Gasteiger partial charge in [-0.2, -0.15) is 0 Å². The highest BCUT2D eigenvalue weighted by atomic mass is 16.5. The van der Waals surface area contributed by atoms with Crippen molar-refractivity contribution in [1.82, 2.24) is 4.90 Å². The molecule has 1 fully saturated rings. The van der Waals surface area contributed by atoms with Gasteiger partial charge in [-0.15, -0.1) is 0 Å². The van der Waals surface area contributed by atoms with Crippen LogP contribution in [-0.4, -0.2) is 42.9 Å². The van der Waals surface area contributed by atoms with Crippen molar-refractivity contribution in [1.29, 1.82) is 0 Å². The Hall–Kier alpha value is -0.840. The van der Waals surface area contributed by atoms with E-state index in [4.69, 9.17) is 9.15 Å². The predicted molar refractivity (Wildman–Crippen MR) is 69.4 cm³/mol. The van der Waals surface area contributed by atoms with Crippen LogP contribution in [0.3, 0.4) is 0 Å². The summed E-state index contributed by atoms with van der Waals surface area (Å²) in [6, 6.07) is 4.27. The van der Waals surface area contributed by atoms with Gasteiger partial charge < -0.3 is 14.3 Å². The topological polar surface area (TPSA) is 45.8 Å². The molecule has 0 saturated carbocycles. The van der Waals surface area contributed by atoms with E-state index in [0.29, 0.717) is 19.2 Å². The fourth-order valence-electron chi connectivity index (χ4n) is 2.71. The van der Waals surface area contributed by atoms with Crippen LogP contribution in [0.25, 0.3) is 0 Å². The molecule has 0 aliphatic carbocycles. The summed E-state index contributed by atoms with van der Waals surface area (Å²) in [5.41, 5.74) is 0. The third-order valence-corrected chi connectivity index (χ3v) is 3.54. The first kappa shape index (κ1) is 13.6. The second kappa shape index (κ2) is 6.92. The van der Waals surface area contributed by atoms with Crippen LogP contribution in [0.4, 0.5) is 0 Å². The van der Waals surface area contributed by atoms with E-state index in [1.54, 1.807) is 13.4 Å². The van der Waals surface area contributed by atoms with Crippen LogP contribution in [0, 0.1) is 0 Å². The monoisotopic (exact) mass is 253 g/mol. The third-order valence-electron chi connectivity index (χ3n) is 3.54. The number of ether oxygens (including phenoxy) is 1. The average Bonchev–Trinajstić information content (AvgIpc) is 2.78. The number of nitrogens with zero attached hydrogens (tertiary/aromatic N) is 1. The number of hydrogen-bond acceptors (Lipinski definition) is 4. The van der Waals surface area contributed by atoms with Crippen molar-refractivity contribution in [3.8, 4) is 0 Å². The summed E-state index contributed by atoms with van der Waals surface area (Å²) in [6.45, 7) is 2.06. The highest BCUT2D eigenvalue weighted by Crippen LogP contribution is 2.30. The van der Waals surface area contributed by atoms with E-state index < -0.39 is 6.10 Å². The summed E-state index contributed by atoms with van der Waals surface area (Å²) in [6.07, 6.45) is 6.08. The molecule has 4 nitrogen and oxygen atoms in total. The lowest BCUT2D eigenvalue weighted by Crippen LogP contribution is -2.37. The highest BCUT2D eigenvalue weighted by Gasteiger charge is 2.26. The molecule has 18 heavy (non-hydrogen) atoms. The zero-order valence-electron chi connectivity index (χ0n) is 11.0. The van der Waals surface area contributed by atoms with Crippen molar-refractivity contribution in [3.05, 3.63) is 24.2 Å². The molecule has 1 aliphatic heterocycles. The van der Waals surface area contributed by atoms with E-state index in [1.165, 1.54) is 19.3 Å². The van der Waals surface area contributed by atoms with Crippen LogP contribution in [0.1, 0.15) is 37.5 Å². The Morgan fingerprint density at radius 2 is 2.39 bits per heavy atom. The van der Waals surface area contributed by atoms with E-state index in [0.717, 1.165) is 18.7 Å². The van der Waals surface area contributed by atoms with E-state index in [9.17, 15) is 5.11 Å². The Bertz CT molecular complexity index is 326. The molecule has 0 bridgehead atoms. The van der Waals surface area contributed by atoms with Gasteiger partial charge in [-0.25, -0.2) is 0 Å². The standard InChI is InChI=1S/C14H23NO3/c1-17-11-12(16)10-15-8-4-2-3-6-13(15)14-7-5-9-18-14/h5,7,9,12-13,16H,2-4,6,8,10-11H2,1H3/t12-,13+/m0/s1. The molecule has 2 atom stereocenters. The summed E-state index contributed by atoms with van der Waals surface area (Å²) in [5, 5.41) is 9.91. The van der Waals surface area contributed by atoms with E-state index >= 15 is 0 Å². The fraction of sp³-hybridized carbons (Fsp3) is 0.714. The van der Waals surface area contributed by atoms with Crippen molar-refractivity contribution in [2.24, 2.45) is 0 Å². The molecule has 4 heteroatoms. The minimum Gasteiger partial charge on any atom is -0.468 e. The molecule has 1 aliphatic rings. The average molecular weight is 253 g/mol. The molecule has 1 aromatic heterocycles. The molecule has 1 saturated heterocycles. The minimum absolute atomic E-state index is 0.300. The SMILES string of the molecule is COC[C@@H](O)CN1CCCCC[C@@H]1c1ccco1. The van der Waals surface area contributed by atoms with Crippen molar-refractivity contribution in [2.45, 2.75) is 37.8 Å². The van der Waals surface area contributed by atoms with Gasteiger partial charge in [0.25, 0.3) is 0 Å². The summed E-state index contributed by atoms with van der Waals surface area (Å²) in [4.78, 5) is 2.33. The van der Waals surface area contributed by atoms with Crippen molar-refractivity contribution < 1.29 is 14.3 Å². The number of furan rings is 1. The van der Waals surface area contributed by atoms with Crippen LogP contribution < -0.4 is 0 Å². The largest absolute Gasteiger partial charge is 0.468 e. The second-order valence-electron chi connectivity index (χ2n) is 4.98. The van der Waals surface area contributed by atoms with E-state index in [-0.39, 0.29) is 0 Å². The first-order valence-corrected chi connectivity index (χ1v) is 6.75. The summed E-state index contributed by atoms with van der Waals surface area (Å²) >= 11 is 0. The van der Waals surface area contributed by atoms with Crippen molar-refractivity contribution >= 4 is 0 Å².